The molecule has 3 N–H and O–H groups in total. The van der Waals surface area contributed by atoms with Crippen LogP contribution in [-0.4, -0.2) is 29.7 Å². The molecule has 0 atom stereocenters. The van der Waals surface area contributed by atoms with Crippen molar-refractivity contribution in [2.75, 3.05) is 20.0 Å². The molecule has 0 saturated carbocycles. The summed E-state index contributed by atoms with van der Waals surface area (Å²) in [5, 5.41) is 2.77. The Morgan fingerprint density at radius 3 is 2.57 bits per heavy atom. The predicted octanol–water partition coefficient (Wildman–Crippen LogP) is 0.949. The molecule has 0 fully saturated rings. The van der Waals surface area contributed by atoms with Crippen molar-refractivity contribution in [2.24, 2.45) is 7.05 Å². The lowest BCUT2D eigenvalue weighted by atomic mass is 10.1. The molecule has 0 spiro atoms. The second-order valence-electron chi connectivity index (χ2n) is 4.43. The van der Waals surface area contributed by atoms with Crippen LogP contribution in [0.5, 0.6) is 11.5 Å². The van der Waals surface area contributed by atoms with Crippen LogP contribution in [-0.2, 0) is 13.6 Å². The van der Waals surface area contributed by atoms with Crippen molar-refractivity contribution in [1.29, 1.82) is 0 Å². The maximum absolute atomic E-state index is 12.2. The van der Waals surface area contributed by atoms with Gasteiger partial charge in [0.2, 0.25) is 0 Å². The van der Waals surface area contributed by atoms with Crippen LogP contribution in [0.25, 0.3) is 0 Å². The van der Waals surface area contributed by atoms with Gasteiger partial charge in [0.05, 0.1) is 26.3 Å². The van der Waals surface area contributed by atoms with Gasteiger partial charge in [-0.15, -0.1) is 0 Å². The van der Waals surface area contributed by atoms with E-state index in [9.17, 15) is 4.79 Å². The number of carbonyl (C=O) groups excluding carboxylic acids is 1. The first kappa shape index (κ1) is 14.7. The number of anilines is 1. The molecule has 0 bridgehead atoms. The van der Waals surface area contributed by atoms with E-state index >= 15 is 0 Å². The second kappa shape index (κ2) is 6.17. The van der Waals surface area contributed by atoms with Gasteiger partial charge >= 0.3 is 0 Å². The Hall–Kier alpha value is -2.70. The van der Waals surface area contributed by atoms with Crippen LogP contribution in [0.3, 0.4) is 0 Å². The standard InChI is InChI=1S/C14H18N4O3/c1-18-5-4-16-13(18)8-17-14(19)9-6-11(20-2)12(21-3)7-10(9)15/h4-7H,8,15H2,1-3H3,(H,17,19). The number of nitrogen functional groups attached to an aromatic ring is 1. The van der Waals surface area contributed by atoms with Crippen molar-refractivity contribution >= 4 is 11.6 Å². The van der Waals surface area contributed by atoms with E-state index in [0.717, 1.165) is 5.82 Å². The number of nitrogens with two attached hydrogens (primary N) is 1. The van der Waals surface area contributed by atoms with Crippen LogP contribution in [0, 0.1) is 0 Å². The van der Waals surface area contributed by atoms with Crippen molar-refractivity contribution in [2.45, 2.75) is 6.54 Å². The van der Waals surface area contributed by atoms with E-state index in [0.29, 0.717) is 29.3 Å². The maximum atomic E-state index is 12.2. The molecule has 1 amide bonds. The number of hydrogen-bond acceptors (Lipinski definition) is 5. The lowest BCUT2D eigenvalue weighted by Gasteiger charge is -2.12. The number of nitrogens with one attached hydrogen (secondary N) is 1. The number of aryl methyl sites for hydroxylation is 1. The number of carbonyl (C=O) groups is 1. The average molecular weight is 290 g/mol. The topological polar surface area (TPSA) is 91.4 Å². The van der Waals surface area contributed by atoms with Crippen LogP contribution in [0.1, 0.15) is 16.2 Å². The van der Waals surface area contributed by atoms with Crippen molar-refractivity contribution < 1.29 is 14.3 Å². The third-order valence-corrected chi connectivity index (χ3v) is 3.13. The Balaban J connectivity index is 2.17. The fourth-order valence-electron chi connectivity index (χ4n) is 1.91. The second-order valence-corrected chi connectivity index (χ2v) is 4.43. The average Bonchev–Trinajstić information content (AvgIpc) is 2.89. The molecule has 0 saturated heterocycles. The molecule has 21 heavy (non-hydrogen) atoms. The zero-order chi connectivity index (χ0) is 15.4. The van der Waals surface area contributed by atoms with Gasteiger partial charge in [-0.05, 0) is 6.07 Å². The SMILES string of the molecule is COc1cc(N)c(C(=O)NCc2nccn2C)cc1OC. The van der Waals surface area contributed by atoms with E-state index in [4.69, 9.17) is 15.2 Å². The molecule has 0 aliphatic heterocycles. The fraction of sp³-hybridized carbons (Fsp3) is 0.286. The Morgan fingerprint density at radius 1 is 1.33 bits per heavy atom. The van der Waals surface area contributed by atoms with Crippen LogP contribution in [0.15, 0.2) is 24.5 Å². The zero-order valence-electron chi connectivity index (χ0n) is 12.2. The summed E-state index contributed by atoms with van der Waals surface area (Å²) in [4.78, 5) is 16.4. The van der Waals surface area contributed by atoms with Crippen LogP contribution in [0.2, 0.25) is 0 Å². The lowest BCUT2D eigenvalue weighted by Crippen LogP contribution is -2.25. The highest BCUT2D eigenvalue weighted by molar-refractivity contribution is 6.00. The molecule has 1 aromatic carbocycles. The van der Waals surface area contributed by atoms with Crippen LogP contribution in [0.4, 0.5) is 5.69 Å². The van der Waals surface area contributed by atoms with Gasteiger partial charge in [-0.1, -0.05) is 0 Å². The van der Waals surface area contributed by atoms with Crippen LogP contribution < -0.4 is 20.5 Å². The zero-order valence-corrected chi connectivity index (χ0v) is 12.2. The predicted molar refractivity (Wildman–Crippen MR) is 78.3 cm³/mol. The molecule has 0 unspecified atom stereocenters. The van der Waals surface area contributed by atoms with Gasteiger partial charge in [-0.3, -0.25) is 4.79 Å². The fourth-order valence-corrected chi connectivity index (χ4v) is 1.91. The first-order valence-corrected chi connectivity index (χ1v) is 6.32. The summed E-state index contributed by atoms with van der Waals surface area (Å²) in [6.07, 6.45) is 3.48. The van der Waals surface area contributed by atoms with Gasteiger partial charge in [-0.2, -0.15) is 0 Å². The molecular weight excluding hydrogens is 272 g/mol. The van der Waals surface area contributed by atoms with Gasteiger partial charge in [0.1, 0.15) is 5.82 Å². The minimum atomic E-state index is -0.295. The van der Waals surface area contributed by atoms with Gasteiger partial charge in [0.15, 0.2) is 11.5 Å². The molecular formula is C14H18N4O3. The van der Waals surface area contributed by atoms with Gasteiger partial charge in [0.25, 0.3) is 5.91 Å². The minimum Gasteiger partial charge on any atom is -0.493 e. The summed E-state index contributed by atoms with van der Waals surface area (Å²) in [5.41, 5.74) is 6.54. The van der Waals surface area contributed by atoms with E-state index in [2.05, 4.69) is 10.3 Å². The monoisotopic (exact) mass is 290 g/mol. The summed E-state index contributed by atoms with van der Waals surface area (Å²) >= 11 is 0. The van der Waals surface area contributed by atoms with E-state index in [1.165, 1.54) is 14.2 Å². The van der Waals surface area contributed by atoms with E-state index in [1.54, 1.807) is 18.3 Å². The highest BCUT2D eigenvalue weighted by Crippen LogP contribution is 2.31. The summed E-state index contributed by atoms with van der Waals surface area (Å²) < 4.78 is 12.1. The van der Waals surface area contributed by atoms with E-state index in [-0.39, 0.29) is 5.91 Å². The number of nitrogens with zero attached hydrogens (tertiary/aromatic N) is 2. The Bertz CT molecular complexity index is 652. The molecule has 2 rings (SSSR count). The van der Waals surface area contributed by atoms with Gasteiger partial charge < -0.3 is 25.1 Å². The summed E-state index contributed by atoms with van der Waals surface area (Å²) in [6, 6.07) is 3.12. The quantitative estimate of drug-likeness (QED) is 0.800. The molecule has 7 heteroatoms. The Kier molecular flexibility index (Phi) is 4.32. The minimum absolute atomic E-state index is 0.295. The van der Waals surface area contributed by atoms with Gasteiger partial charge in [-0.25, -0.2) is 4.98 Å². The van der Waals surface area contributed by atoms with Crippen molar-refractivity contribution in [1.82, 2.24) is 14.9 Å². The molecule has 7 nitrogen and oxygen atoms in total. The summed E-state index contributed by atoms with van der Waals surface area (Å²) in [6.45, 7) is 0.316. The van der Waals surface area contributed by atoms with Crippen molar-refractivity contribution in [3.05, 3.63) is 35.9 Å². The van der Waals surface area contributed by atoms with Gasteiger partial charge in [0, 0.05) is 31.2 Å². The number of benzene rings is 1. The number of rotatable bonds is 5. The van der Waals surface area contributed by atoms with Crippen molar-refractivity contribution in [3.63, 3.8) is 0 Å². The molecule has 2 aromatic rings. The maximum Gasteiger partial charge on any atom is 0.253 e. The highest BCUT2D eigenvalue weighted by Gasteiger charge is 2.15. The third kappa shape index (κ3) is 3.07. The molecule has 1 aromatic heterocycles. The Morgan fingerprint density at radius 2 is 2.00 bits per heavy atom. The molecule has 112 valence electrons. The van der Waals surface area contributed by atoms with E-state index < -0.39 is 0 Å². The number of amides is 1. The largest absolute Gasteiger partial charge is 0.493 e. The summed E-state index contributed by atoms with van der Waals surface area (Å²) in [5.74, 6) is 1.39. The number of hydrogen-bond donors (Lipinski definition) is 2. The molecule has 0 aliphatic carbocycles. The molecule has 0 aliphatic rings. The smallest absolute Gasteiger partial charge is 0.253 e. The Labute approximate surface area is 122 Å². The lowest BCUT2D eigenvalue weighted by molar-refractivity contribution is 0.0950. The number of aromatic nitrogens is 2. The van der Waals surface area contributed by atoms with E-state index in [1.807, 2.05) is 17.8 Å². The van der Waals surface area contributed by atoms with Crippen LogP contribution >= 0.6 is 0 Å². The number of imidazole rings is 1. The molecule has 1 heterocycles. The number of ether oxygens (including phenoxy) is 2. The van der Waals surface area contributed by atoms with Crippen molar-refractivity contribution in [3.8, 4) is 11.5 Å². The first-order chi connectivity index (χ1) is 10.1. The third-order valence-electron chi connectivity index (χ3n) is 3.13. The number of methoxy groups -OCH3 is 2. The summed E-state index contributed by atoms with van der Waals surface area (Å²) in [7, 11) is 4.88. The molecule has 0 radical (unpaired) electrons. The highest BCUT2D eigenvalue weighted by atomic mass is 16.5. The normalized spacial score (nSPS) is 10.2. The first-order valence-electron chi connectivity index (χ1n) is 6.32.